The second-order valence-electron chi connectivity index (χ2n) is 3.54. The molecule has 0 aromatic carbocycles. The lowest BCUT2D eigenvalue weighted by molar-refractivity contribution is 0.223. The summed E-state index contributed by atoms with van der Waals surface area (Å²) < 4.78 is 5.31. The first-order valence-electron chi connectivity index (χ1n) is 4.80. The molecule has 0 aliphatic heterocycles. The van der Waals surface area contributed by atoms with Crippen molar-refractivity contribution < 1.29 is 4.74 Å². The topological polar surface area (TPSA) is 9.23 Å². The first-order valence-corrected chi connectivity index (χ1v) is 7.19. The molecule has 79 valence electrons. The Morgan fingerprint density at radius 1 is 1.29 bits per heavy atom. The zero-order valence-corrected chi connectivity index (χ0v) is 11.0. The van der Waals surface area contributed by atoms with E-state index in [9.17, 15) is 0 Å². The van der Waals surface area contributed by atoms with Crippen molar-refractivity contribution in [1.82, 2.24) is 0 Å². The van der Waals surface area contributed by atoms with Gasteiger partial charge in [-0.2, -0.15) is 10.6 Å². The van der Waals surface area contributed by atoms with Crippen LogP contribution in [-0.2, 0) is 4.74 Å². The summed E-state index contributed by atoms with van der Waals surface area (Å²) in [5, 5.41) is 0. The minimum Gasteiger partial charge on any atom is -0.357 e. The van der Waals surface area contributed by atoms with Crippen LogP contribution >= 0.6 is 21.4 Å². The highest BCUT2D eigenvalue weighted by Gasteiger charge is 1.96. The van der Waals surface area contributed by atoms with Crippen LogP contribution in [0.5, 0.6) is 0 Å². The van der Waals surface area contributed by atoms with Crippen molar-refractivity contribution in [3.8, 4) is 11.8 Å². The van der Waals surface area contributed by atoms with Gasteiger partial charge in [-0.1, -0.05) is 56.1 Å². The lowest BCUT2D eigenvalue weighted by Gasteiger charge is -2.01. The van der Waals surface area contributed by atoms with Gasteiger partial charge in [0.15, 0.2) is 0 Å². The summed E-state index contributed by atoms with van der Waals surface area (Å²) in [5.41, 5.74) is 0. The zero-order chi connectivity index (χ0) is 10.8. The minimum absolute atomic E-state index is 0.440. The molecule has 0 spiro atoms. The first-order chi connectivity index (χ1) is 6.63. The molecule has 1 nitrogen and oxygen atoms in total. The summed E-state index contributed by atoms with van der Waals surface area (Å²) in [5.74, 6) is 7.82. The predicted molar refractivity (Wildman–Crippen MR) is 69.5 cm³/mol. The Hall–Kier alpha value is 0.285. The molecule has 1 radical (unpaired) electrons. The Labute approximate surface area is 96.7 Å². The van der Waals surface area contributed by atoms with Gasteiger partial charge in [-0.05, 0) is 0 Å². The van der Waals surface area contributed by atoms with Crippen molar-refractivity contribution in [2.24, 2.45) is 5.92 Å². The van der Waals surface area contributed by atoms with Gasteiger partial charge in [0.25, 0.3) is 0 Å². The molecule has 0 aromatic rings. The molecule has 0 saturated carbocycles. The molecule has 0 heterocycles. The number of ether oxygens (including phenoxy) is 1. The lowest BCUT2D eigenvalue weighted by Crippen LogP contribution is -1.92. The van der Waals surface area contributed by atoms with Gasteiger partial charge < -0.3 is 4.74 Å². The van der Waals surface area contributed by atoms with E-state index in [1.165, 1.54) is 0 Å². The van der Waals surface area contributed by atoms with Gasteiger partial charge in [-0.15, -0.1) is 0 Å². The maximum atomic E-state index is 5.31. The molecule has 0 rings (SSSR count). The maximum absolute atomic E-state index is 5.31. The molecule has 0 N–H and O–H groups in total. The second kappa shape index (κ2) is 9.83. The molecule has 0 aliphatic carbocycles. The van der Waals surface area contributed by atoms with E-state index in [1.54, 1.807) is 21.4 Å². The normalized spacial score (nSPS) is 10.1. The van der Waals surface area contributed by atoms with Gasteiger partial charge in [0.2, 0.25) is 6.56 Å². The average molecular weight is 229 g/mol. The lowest BCUT2D eigenvalue weighted by atomic mass is 9.90. The molecular weight excluding hydrogens is 211 g/mol. The molecule has 0 aromatic heterocycles. The highest BCUT2D eigenvalue weighted by atomic mass is 33.1. The van der Waals surface area contributed by atoms with Crippen molar-refractivity contribution in [2.45, 2.75) is 33.5 Å². The van der Waals surface area contributed by atoms with E-state index >= 15 is 0 Å². The molecule has 0 aliphatic rings. The maximum Gasteiger partial charge on any atom is 0.210 e. The van der Waals surface area contributed by atoms with Crippen LogP contribution in [0.2, 0.25) is 5.82 Å². The Bertz CT molecular complexity index is 184. The second-order valence-corrected chi connectivity index (χ2v) is 5.76. The Kier molecular flexibility index (Phi) is 10.0. The van der Waals surface area contributed by atoms with Crippen molar-refractivity contribution >= 4 is 28.0 Å². The summed E-state index contributed by atoms with van der Waals surface area (Å²) in [6.07, 6.45) is 0. The Morgan fingerprint density at radius 2 is 2.00 bits per heavy atom. The van der Waals surface area contributed by atoms with E-state index in [2.05, 4.69) is 46.1 Å². The van der Waals surface area contributed by atoms with Gasteiger partial charge >= 0.3 is 0 Å². The van der Waals surface area contributed by atoms with Crippen molar-refractivity contribution in [3.05, 3.63) is 0 Å². The minimum atomic E-state index is 0.440. The fourth-order valence-electron chi connectivity index (χ4n) is 0.551. The quantitative estimate of drug-likeness (QED) is 0.227. The fraction of sp³-hybridized carbons (Fsp3) is 0.800. The standard InChI is InChI=1S/C10H18BOS2/c1-9(2)6-5-7-12-8-13-14-11-10(3)4/h9-10H,7-8H2,1-4H3. The van der Waals surface area contributed by atoms with Crippen LogP contribution in [0.1, 0.15) is 27.7 Å². The van der Waals surface area contributed by atoms with E-state index in [0.717, 1.165) is 0 Å². The van der Waals surface area contributed by atoms with Crippen molar-refractivity contribution in [3.63, 3.8) is 0 Å². The molecular formula is C10H18BOS2. The summed E-state index contributed by atoms with van der Waals surface area (Å²) in [6, 6.07) is 0. The Morgan fingerprint density at radius 3 is 2.57 bits per heavy atom. The van der Waals surface area contributed by atoms with E-state index in [-0.39, 0.29) is 0 Å². The average Bonchev–Trinajstić information content (AvgIpc) is 2.08. The third-order valence-corrected chi connectivity index (χ3v) is 3.18. The third-order valence-electron chi connectivity index (χ3n) is 1.09. The molecule has 0 bridgehead atoms. The van der Waals surface area contributed by atoms with Gasteiger partial charge in [0, 0.05) is 5.92 Å². The molecule has 4 heteroatoms. The number of hydrogen-bond acceptors (Lipinski definition) is 3. The van der Waals surface area contributed by atoms with Crippen LogP contribution in [-0.4, -0.2) is 19.1 Å². The number of hydrogen-bond donors (Lipinski definition) is 0. The molecule has 14 heavy (non-hydrogen) atoms. The summed E-state index contributed by atoms with van der Waals surface area (Å²) >= 11 is 0. The molecule has 0 unspecified atom stereocenters. The van der Waals surface area contributed by atoms with Crippen LogP contribution in [0.4, 0.5) is 0 Å². The molecule has 0 saturated heterocycles. The smallest absolute Gasteiger partial charge is 0.210 e. The highest BCUT2D eigenvalue weighted by Crippen LogP contribution is 2.23. The summed E-state index contributed by atoms with van der Waals surface area (Å²) in [7, 11) is 3.46. The van der Waals surface area contributed by atoms with Crippen LogP contribution in [0.25, 0.3) is 0 Å². The monoisotopic (exact) mass is 229 g/mol. The van der Waals surface area contributed by atoms with Crippen LogP contribution < -0.4 is 0 Å². The molecule has 0 atom stereocenters. The van der Waals surface area contributed by atoms with Crippen LogP contribution in [0.3, 0.4) is 0 Å². The third kappa shape index (κ3) is 12.3. The molecule has 0 fully saturated rings. The van der Waals surface area contributed by atoms with Gasteiger partial charge in [0.05, 0.1) is 0 Å². The van der Waals surface area contributed by atoms with Gasteiger partial charge in [0.1, 0.15) is 12.5 Å². The summed E-state index contributed by atoms with van der Waals surface area (Å²) in [4.78, 5) is 0. The van der Waals surface area contributed by atoms with E-state index < -0.39 is 0 Å². The Balaban J connectivity index is 3.11. The number of rotatable bonds is 6. The largest absolute Gasteiger partial charge is 0.357 e. The predicted octanol–water partition coefficient (Wildman–Crippen LogP) is 3.45. The van der Waals surface area contributed by atoms with Gasteiger partial charge in [-0.3, -0.25) is 0 Å². The van der Waals surface area contributed by atoms with E-state index in [1.807, 2.05) is 0 Å². The summed E-state index contributed by atoms with van der Waals surface area (Å²) in [6.45, 7) is 11.2. The van der Waals surface area contributed by atoms with E-state index in [4.69, 9.17) is 4.74 Å². The van der Waals surface area contributed by atoms with Crippen molar-refractivity contribution in [2.75, 3.05) is 12.5 Å². The van der Waals surface area contributed by atoms with Crippen molar-refractivity contribution in [1.29, 1.82) is 0 Å². The first kappa shape index (κ1) is 14.3. The van der Waals surface area contributed by atoms with E-state index in [0.29, 0.717) is 24.3 Å². The van der Waals surface area contributed by atoms with Gasteiger partial charge in [-0.25, -0.2) is 0 Å². The van der Waals surface area contributed by atoms with Crippen LogP contribution in [0, 0.1) is 17.8 Å². The molecule has 0 amide bonds. The highest BCUT2D eigenvalue weighted by molar-refractivity contribution is 8.85. The zero-order valence-electron chi connectivity index (χ0n) is 9.37. The fourth-order valence-corrected chi connectivity index (χ4v) is 2.33. The SMILES string of the molecule is CC(C)[B]SSCOCC#CC(C)C. The van der Waals surface area contributed by atoms with Crippen LogP contribution in [0.15, 0.2) is 0 Å².